The zero-order valence-corrected chi connectivity index (χ0v) is 9.16. The molecule has 15 heavy (non-hydrogen) atoms. The molecule has 0 spiro atoms. The van der Waals surface area contributed by atoms with Crippen LogP contribution in [0.4, 0.5) is 0 Å². The highest BCUT2D eigenvalue weighted by Crippen LogP contribution is 2.16. The number of ketones is 1. The zero-order chi connectivity index (χ0) is 10.8. The molecule has 2 aromatic rings. The van der Waals surface area contributed by atoms with Gasteiger partial charge in [-0.15, -0.1) is 0 Å². The molecule has 78 valence electrons. The minimum atomic E-state index is 0.201. The average Bonchev–Trinajstić information content (AvgIpc) is 2.65. The van der Waals surface area contributed by atoms with Crippen molar-refractivity contribution < 1.29 is 4.79 Å². The molecule has 0 fully saturated rings. The highest BCUT2D eigenvalue weighted by molar-refractivity contribution is 6.31. The normalized spacial score (nSPS) is 10.8. The van der Waals surface area contributed by atoms with Crippen molar-refractivity contribution in [3.05, 3.63) is 35.4 Å². The summed E-state index contributed by atoms with van der Waals surface area (Å²) in [5.74, 6) is 0.201. The average molecular weight is 223 g/mol. The maximum absolute atomic E-state index is 11.4. The Morgan fingerprint density at radius 1 is 1.53 bits per heavy atom. The molecule has 3 nitrogen and oxygen atoms in total. The first-order valence-corrected chi connectivity index (χ1v) is 5.20. The number of carbonyl (C=O) groups is 1. The van der Waals surface area contributed by atoms with Gasteiger partial charge in [-0.05, 0) is 12.1 Å². The monoisotopic (exact) mass is 222 g/mol. The second kappa shape index (κ2) is 4.03. The number of nitrogens with zero attached hydrogens (tertiary/aromatic N) is 2. The zero-order valence-electron chi connectivity index (χ0n) is 8.40. The molecule has 0 saturated carbocycles. The van der Waals surface area contributed by atoms with Crippen LogP contribution >= 0.6 is 11.6 Å². The molecule has 4 heteroatoms. The number of aromatic nitrogens is 2. The van der Waals surface area contributed by atoms with E-state index in [4.69, 9.17) is 11.6 Å². The highest BCUT2D eigenvalue weighted by atomic mass is 35.5. The summed E-state index contributed by atoms with van der Waals surface area (Å²) in [6.07, 6.45) is 4.38. The van der Waals surface area contributed by atoms with Crippen molar-refractivity contribution in [2.45, 2.75) is 19.8 Å². The predicted octanol–water partition coefficient (Wildman–Crippen LogP) is 2.51. The Morgan fingerprint density at radius 3 is 3.07 bits per heavy atom. The van der Waals surface area contributed by atoms with Crippen LogP contribution in [0.3, 0.4) is 0 Å². The van der Waals surface area contributed by atoms with Crippen molar-refractivity contribution in [1.29, 1.82) is 0 Å². The van der Waals surface area contributed by atoms with Gasteiger partial charge in [0.1, 0.15) is 5.78 Å². The number of pyridine rings is 1. The van der Waals surface area contributed by atoms with E-state index >= 15 is 0 Å². The fourth-order valence-corrected chi connectivity index (χ4v) is 1.76. The van der Waals surface area contributed by atoms with Crippen molar-refractivity contribution in [2.24, 2.45) is 0 Å². The van der Waals surface area contributed by atoms with Gasteiger partial charge in [0.2, 0.25) is 0 Å². The minimum absolute atomic E-state index is 0.201. The molecule has 0 amide bonds. The van der Waals surface area contributed by atoms with Crippen LogP contribution in [0.15, 0.2) is 24.7 Å². The molecule has 2 heterocycles. The van der Waals surface area contributed by atoms with Gasteiger partial charge >= 0.3 is 0 Å². The van der Waals surface area contributed by atoms with E-state index in [2.05, 4.69) is 4.98 Å². The van der Waals surface area contributed by atoms with Gasteiger partial charge in [-0.25, -0.2) is 4.98 Å². The molecule has 0 aliphatic carbocycles. The summed E-state index contributed by atoms with van der Waals surface area (Å²) in [6, 6.07) is 3.64. The smallest absolute Gasteiger partial charge is 0.138 e. The van der Waals surface area contributed by atoms with Crippen molar-refractivity contribution in [2.75, 3.05) is 0 Å². The molecule has 2 aromatic heterocycles. The fourth-order valence-electron chi connectivity index (χ4n) is 1.53. The summed E-state index contributed by atoms with van der Waals surface area (Å²) in [6.45, 7) is 1.86. The van der Waals surface area contributed by atoms with Gasteiger partial charge in [0.15, 0.2) is 0 Å². The second-order valence-corrected chi connectivity index (χ2v) is 3.86. The predicted molar refractivity (Wildman–Crippen MR) is 59.2 cm³/mol. The van der Waals surface area contributed by atoms with E-state index in [1.807, 2.05) is 23.5 Å². The van der Waals surface area contributed by atoms with Gasteiger partial charge in [-0.2, -0.15) is 0 Å². The van der Waals surface area contributed by atoms with E-state index < -0.39 is 0 Å². The lowest BCUT2D eigenvalue weighted by atomic mass is 10.1. The first-order valence-electron chi connectivity index (χ1n) is 4.83. The van der Waals surface area contributed by atoms with Crippen molar-refractivity contribution >= 4 is 22.9 Å². The summed E-state index contributed by atoms with van der Waals surface area (Å²) in [4.78, 5) is 15.4. The number of fused-ring (bicyclic) bond motifs is 1. The molecule has 2 rings (SSSR count). The van der Waals surface area contributed by atoms with Gasteiger partial charge in [-0.3, -0.25) is 4.79 Å². The number of hydrogen-bond donors (Lipinski definition) is 0. The second-order valence-electron chi connectivity index (χ2n) is 3.42. The van der Waals surface area contributed by atoms with E-state index in [-0.39, 0.29) is 5.78 Å². The van der Waals surface area contributed by atoms with Crippen LogP contribution in [0.5, 0.6) is 0 Å². The molecule has 0 atom stereocenters. The van der Waals surface area contributed by atoms with E-state index in [1.54, 1.807) is 12.5 Å². The van der Waals surface area contributed by atoms with Crippen molar-refractivity contribution in [3.8, 4) is 0 Å². The van der Waals surface area contributed by atoms with E-state index in [0.717, 1.165) is 11.2 Å². The number of Topliss-reactive ketones (excluding diaryl/α,β-unsaturated/α-hetero) is 1. The van der Waals surface area contributed by atoms with E-state index in [9.17, 15) is 4.79 Å². The van der Waals surface area contributed by atoms with E-state index in [0.29, 0.717) is 17.9 Å². The molecule has 0 radical (unpaired) electrons. The molecule has 0 saturated heterocycles. The molecule has 0 N–H and O–H groups in total. The Bertz CT molecular complexity index is 504. The Labute approximate surface area is 92.7 Å². The van der Waals surface area contributed by atoms with Crippen LogP contribution in [0.1, 0.15) is 19.0 Å². The molecular weight excluding hydrogens is 212 g/mol. The van der Waals surface area contributed by atoms with Crippen LogP contribution in [0.25, 0.3) is 5.52 Å². The first kappa shape index (κ1) is 10.2. The highest BCUT2D eigenvalue weighted by Gasteiger charge is 2.07. The number of carbonyl (C=O) groups excluding carboxylic acids is 1. The van der Waals surface area contributed by atoms with E-state index in [1.165, 1.54) is 0 Å². The van der Waals surface area contributed by atoms with Crippen molar-refractivity contribution in [1.82, 2.24) is 9.38 Å². The number of rotatable bonds is 3. The number of imidazole rings is 1. The summed E-state index contributed by atoms with van der Waals surface area (Å²) in [5.41, 5.74) is 1.81. The number of halogens is 1. The van der Waals surface area contributed by atoms with Crippen LogP contribution in [-0.2, 0) is 11.2 Å². The fraction of sp³-hybridized carbons (Fsp3) is 0.273. The third kappa shape index (κ3) is 2.02. The maximum atomic E-state index is 11.4. The maximum Gasteiger partial charge on any atom is 0.138 e. The summed E-state index contributed by atoms with van der Waals surface area (Å²) < 4.78 is 1.89. The quantitative estimate of drug-likeness (QED) is 0.800. The molecular formula is C11H11ClN2O. The Morgan fingerprint density at radius 2 is 2.33 bits per heavy atom. The Hall–Kier alpha value is -1.35. The third-order valence-electron chi connectivity index (χ3n) is 2.34. The molecule has 0 aromatic carbocycles. The van der Waals surface area contributed by atoms with Crippen molar-refractivity contribution in [3.63, 3.8) is 0 Å². The van der Waals surface area contributed by atoms with Crippen LogP contribution in [-0.4, -0.2) is 15.2 Å². The number of hydrogen-bond acceptors (Lipinski definition) is 2. The molecule has 0 bridgehead atoms. The third-order valence-corrected chi connectivity index (χ3v) is 2.56. The Balaban J connectivity index is 2.48. The lowest BCUT2D eigenvalue weighted by Gasteiger charge is -2.04. The summed E-state index contributed by atoms with van der Waals surface area (Å²) >= 11 is 5.95. The Kier molecular flexibility index (Phi) is 2.73. The topological polar surface area (TPSA) is 34.4 Å². The molecule has 0 aliphatic heterocycles. The molecule has 0 aliphatic rings. The SMILES string of the molecule is CCC(=O)Cc1cc(Cl)cc2cncn12. The largest absolute Gasteiger partial charge is 0.303 e. The minimum Gasteiger partial charge on any atom is -0.303 e. The van der Waals surface area contributed by atoms with Crippen LogP contribution < -0.4 is 0 Å². The van der Waals surface area contributed by atoms with Crippen LogP contribution in [0.2, 0.25) is 5.02 Å². The van der Waals surface area contributed by atoms with Gasteiger partial charge in [0, 0.05) is 23.6 Å². The standard InChI is InChI=1S/C11H11ClN2O/c1-2-11(15)5-9-3-8(12)4-10-6-13-7-14(9)10/h3-4,6-7H,2,5H2,1H3. The van der Waals surface area contributed by atoms with Gasteiger partial charge < -0.3 is 4.40 Å². The van der Waals surface area contributed by atoms with Crippen LogP contribution in [0, 0.1) is 0 Å². The lowest BCUT2D eigenvalue weighted by molar-refractivity contribution is -0.118. The first-order chi connectivity index (χ1) is 7.20. The molecule has 0 unspecified atom stereocenters. The summed E-state index contributed by atoms with van der Waals surface area (Å²) in [5, 5.41) is 0.641. The van der Waals surface area contributed by atoms with Gasteiger partial charge in [-0.1, -0.05) is 18.5 Å². The lowest BCUT2D eigenvalue weighted by Crippen LogP contribution is -2.05. The summed E-state index contributed by atoms with van der Waals surface area (Å²) in [7, 11) is 0. The van der Waals surface area contributed by atoms with Gasteiger partial charge in [0.25, 0.3) is 0 Å². The van der Waals surface area contributed by atoms with Gasteiger partial charge in [0.05, 0.1) is 18.0 Å².